The van der Waals surface area contributed by atoms with E-state index in [9.17, 15) is 9.59 Å². The van der Waals surface area contributed by atoms with Crippen LogP contribution < -0.4 is 10.1 Å². The molecule has 3 fully saturated rings. The topological polar surface area (TPSA) is 77.1 Å². The first-order valence-electron chi connectivity index (χ1n) is 12.7. The van der Waals surface area contributed by atoms with Gasteiger partial charge in [0.15, 0.2) is 6.61 Å². The van der Waals surface area contributed by atoms with Crippen molar-refractivity contribution >= 4 is 11.8 Å². The molecule has 7 heteroatoms. The van der Waals surface area contributed by atoms with E-state index in [0.29, 0.717) is 25.7 Å². The molecule has 2 amide bonds. The second-order valence-electron chi connectivity index (χ2n) is 9.96. The van der Waals surface area contributed by atoms with E-state index < -0.39 is 0 Å². The van der Waals surface area contributed by atoms with Crippen LogP contribution in [0.15, 0.2) is 24.3 Å². The molecule has 7 nitrogen and oxygen atoms in total. The molecule has 1 unspecified atom stereocenters. The number of hydrogen-bond acceptors (Lipinski definition) is 5. The van der Waals surface area contributed by atoms with Crippen molar-refractivity contribution in [1.29, 1.82) is 0 Å². The van der Waals surface area contributed by atoms with E-state index >= 15 is 0 Å². The predicted molar refractivity (Wildman–Crippen MR) is 123 cm³/mol. The van der Waals surface area contributed by atoms with E-state index in [-0.39, 0.29) is 42.5 Å². The molecule has 5 aliphatic rings. The Kier molecular flexibility index (Phi) is 7.16. The van der Waals surface area contributed by atoms with E-state index in [2.05, 4.69) is 17.4 Å². The largest absolute Gasteiger partial charge is 0.483 e. The molecule has 1 aliphatic carbocycles. The number of carbonyl (C=O) groups excluding carboxylic acids is 2. The Balaban J connectivity index is 1.34. The lowest BCUT2D eigenvalue weighted by atomic mass is 9.82. The molecule has 1 aromatic rings. The molecule has 1 aromatic carbocycles. The standard InChI is InChI=1S/C26H36N2O5/c29-25-17-33-24-8-2-1-6-21(24)18-9-11-20(12-10-18)32-16-23-22(7-3-13-28(23)25)27-26(30)19-5-4-14-31-15-19/h1-2,6,8,18-20,22-23H,3-5,7,9-17H2,(H,27,30)/t18?,19?,20?,22-,23-/m0/s1. The Morgan fingerprint density at radius 2 is 1.85 bits per heavy atom. The van der Waals surface area contributed by atoms with Crippen LogP contribution >= 0.6 is 0 Å². The van der Waals surface area contributed by atoms with Crippen LogP contribution in [0.3, 0.4) is 0 Å². The maximum absolute atomic E-state index is 13.3. The van der Waals surface area contributed by atoms with E-state index in [1.807, 2.05) is 17.0 Å². The zero-order valence-electron chi connectivity index (χ0n) is 19.4. The fourth-order valence-electron chi connectivity index (χ4n) is 5.94. The SMILES string of the molecule is O=C(N[C@H]1CCCN2C(=O)COc3ccccc3C3CCC(CC3)OC[C@@H]12)C1CCCOC1. The van der Waals surface area contributed by atoms with Gasteiger partial charge < -0.3 is 24.4 Å². The quantitative estimate of drug-likeness (QED) is 0.740. The van der Waals surface area contributed by atoms with Gasteiger partial charge in [-0.3, -0.25) is 9.59 Å². The van der Waals surface area contributed by atoms with Crippen LogP contribution in [-0.2, 0) is 19.1 Å². The summed E-state index contributed by atoms with van der Waals surface area (Å²) in [5, 5.41) is 3.26. The Hall–Kier alpha value is -2.12. The van der Waals surface area contributed by atoms with Crippen molar-refractivity contribution < 1.29 is 23.8 Å². The molecule has 4 heterocycles. The maximum Gasteiger partial charge on any atom is 0.260 e. The maximum atomic E-state index is 13.3. The summed E-state index contributed by atoms with van der Waals surface area (Å²) in [5.41, 5.74) is 1.21. The Labute approximate surface area is 196 Å². The second kappa shape index (κ2) is 10.4. The first-order chi connectivity index (χ1) is 16.2. The highest BCUT2D eigenvalue weighted by Gasteiger charge is 2.38. The number of amides is 2. The van der Waals surface area contributed by atoms with Crippen LogP contribution in [0.25, 0.3) is 0 Å². The van der Waals surface area contributed by atoms with Gasteiger partial charge in [0.05, 0.1) is 37.3 Å². The summed E-state index contributed by atoms with van der Waals surface area (Å²) in [4.78, 5) is 28.1. The summed E-state index contributed by atoms with van der Waals surface area (Å²) >= 11 is 0. The Morgan fingerprint density at radius 3 is 2.67 bits per heavy atom. The molecule has 6 rings (SSSR count). The molecular weight excluding hydrogens is 420 g/mol. The summed E-state index contributed by atoms with van der Waals surface area (Å²) in [6, 6.07) is 7.86. The zero-order chi connectivity index (χ0) is 22.6. The average Bonchev–Trinajstić information content (AvgIpc) is 2.88. The first-order valence-corrected chi connectivity index (χ1v) is 12.7. The summed E-state index contributed by atoms with van der Waals surface area (Å²) in [6.45, 7) is 2.36. The van der Waals surface area contributed by atoms with Crippen molar-refractivity contribution in [2.45, 2.75) is 75.5 Å². The van der Waals surface area contributed by atoms with Crippen LogP contribution in [-0.4, -0.2) is 67.9 Å². The number of nitrogens with zero attached hydrogens (tertiary/aromatic N) is 1. The molecule has 3 atom stereocenters. The Bertz CT molecular complexity index is 832. The van der Waals surface area contributed by atoms with Gasteiger partial charge in [-0.1, -0.05) is 18.2 Å². The number of benzene rings is 1. The van der Waals surface area contributed by atoms with Crippen molar-refractivity contribution in [2.24, 2.45) is 5.92 Å². The number of hydrogen-bond donors (Lipinski definition) is 1. The number of piperidine rings is 1. The number of rotatable bonds is 2. The van der Waals surface area contributed by atoms with Gasteiger partial charge in [-0.15, -0.1) is 0 Å². The van der Waals surface area contributed by atoms with Gasteiger partial charge in [0.2, 0.25) is 5.91 Å². The average molecular weight is 457 g/mol. The van der Waals surface area contributed by atoms with Crippen molar-refractivity contribution in [3.63, 3.8) is 0 Å². The van der Waals surface area contributed by atoms with Crippen molar-refractivity contribution in [2.75, 3.05) is 33.0 Å². The van der Waals surface area contributed by atoms with Gasteiger partial charge in [-0.25, -0.2) is 0 Å². The minimum atomic E-state index is -0.169. The second-order valence-corrected chi connectivity index (χ2v) is 9.96. The van der Waals surface area contributed by atoms with Crippen molar-refractivity contribution in [1.82, 2.24) is 10.2 Å². The highest BCUT2D eigenvalue weighted by molar-refractivity contribution is 5.80. The van der Waals surface area contributed by atoms with E-state index in [4.69, 9.17) is 14.2 Å². The number of nitrogens with one attached hydrogen (secondary N) is 1. The molecule has 4 aliphatic heterocycles. The van der Waals surface area contributed by atoms with Crippen molar-refractivity contribution in [3.05, 3.63) is 29.8 Å². The third kappa shape index (κ3) is 5.19. The number of fused-ring (bicyclic) bond motifs is 5. The molecule has 2 saturated heterocycles. The van der Waals surface area contributed by atoms with Gasteiger partial charge >= 0.3 is 0 Å². The highest BCUT2D eigenvalue weighted by atomic mass is 16.5. The molecule has 180 valence electrons. The third-order valence-corrected chi connectivity index (χ3v) is 7.84. The molecule has 1 saturated carbocycles. The minimum absolute atomic E-state index is 0.0147. The zero-order valence-corrected chi connectivity index (χ0v) is 19.4. The normalized spacial score (nSPS) is 32.9. The summed E-state index contributed by atoms with van der Waals surface area (Å²) in [7, 11) is 0. The van der Waals surface area contributed by atoms with E-state index in [0.717, 1.165) is 63.7 Å². The van der Waals surface area contributed by atoms with Crippen LogP contribution in [0.1, 0.15) is 62.8 Å². The highest BCUT2D eigenvalue weighted by Crippen LogP contribution is 2.39. The molecule has 0 spiro atoms. The van der Waals surface area contributed by atoms with Crippen molar-refractivity contribution in [3.8, 4) is 5.75 Å². The third-order valence-electron chi connectivity index (χ3n) is 7.84. The molecule has 1 N–H and O–H groups in total. The molecule has 0 radical (unpaired) electrons. The van der Waals surface area contributed by atoms with Crippen LogP contribution in [0.2, 0.25) is 0 Å². The van der Waals surface area contributed by atoms with Gasteiger partial charge in [-0.05, 0) is 68.9 Å². The lowest BCUT2D eigenvalue weighted by Gasteiger charge is -2.42. The molecule has 33 heavy (non-hydrogen) atoms. The van der Waals surface area contributed by atoms with E-state index in [1.165, 1.54) is 5.56 Å². The Morgan fingerprint density at radius 1 is 1.00 bits per heavy atom. The van der Waals surface area contributed by atoms with Crippen LogP contribution in [0, 0.1) is 5.92 Å². The fourth-order valence-corrected chi connectivity index (χ4v) is 5.94. The van der Waals surface area contributed by atoms with Crippen LogP contribution in [0.5, 0.6) is 5.75 Å². The molecule has 0 aromatic heterocycles. The number of para-hydroxylation sites is 1. The van der Waals surface area contributed by atoms with Gasteiger partial charge in [0, 0.05) is 13.2 Å². The molecule has 2 bridgehead atoms. The molecular formula is C26H36N2O5. The van der Waals surface area contributed by atoms with Gasteiger partial charge in [0.1, 0.15) is 5.75 Å². The van der Waals surface area contributed by atoms with Gasteiger partial charge in [-0.2, -0.15) is 0 Å². The minimum Gasteiger partial charge on any atom is -0.483 e. The van der Waals surface area contributed by atoms with E-state index in [1.54, 1.807) is 0 Å². The lowest BCUT2D eigenvalue weighted by molar-refractivity contribution is -0.143. The monoisotopic (exact) mass is 456 g/mol. The number of carbonyl (C=O) groups is 2. The number of ether oxygens (including phenoxy) is 3. The first kappa shape index (κ1) is 22.7. The lowest BCUT2D eigenvalue weighted by Crippen LogP contribution is -2.60. The predicted octanol–water partition coefficient (Wildman–Crippen LogP) is 3.02. The van der Waals surface area contributed by atoms with Gasteiger partial charge in [0.25, 0.3) is 5.91 Å². The fraction of sp³-hybridized carbons (Fsp3) is 0.692. The summed E-state index contributed by atoms with van der Waals surface area (Å²) < 4.78 is 18.0. The summed E-state index contributed by atoms with van der Waals surface area (Å²) in [6.07, 6.45) is 7.85. The summed E-state index contributed by atoms with van der Waals surface area (Å²) in [5.74, 6) is 1.18. The smallest absolute Gasteiger partial charge is 0.260 e. The van der Waals surface area contributed by atoms with Crippen LogP contribution in [0.4, 0.5) is 0 Å².